The maximum atomic E-state index is 11.4. The van der Waals surface area contributed by atoms with Crippen LogP contribution >= 0.6 is 11.6 Å². The molecule has 1 aromatic heterocycles. The van der Waals surface area contributed by atoms with Gasteiger partial charge in [0.15, 0.2) is 0 Å². The van der Waals surface area contributed by atoms with E-state index in [4.69, 9.17) is 17.3 Å². The molecule has 1 aliphatic heterocycles. The average molecular weight is 368 g/mol. The molecular weight excluding hydrogens is 346 g/mol. The van der Waals surface area contributed by atoms with E-state index in [1.54, 1.807) is 6.07 Å². The van der Waals surface area contributed by atoms with Crippen molar-refractivity contribution in [1.29, 1.82) is 0 Å². The van der Waals surface area contributed by atoms with Crippen LogP contribution in [-0.2, 0) is 6.42 Å². The summed E-state index contributed by atoms with van der Waals surface area (Å²) in [6.07, 6.45) is 3.34. The highest BCUT2D eigenvalue weighted by Gasteiger charge is 2.21. The lowest BCUT2D eigenvalue weighted by molar-refractivity contribution is 0.100. The second-order valence-corrected chi connectivity index (χ2v) is 7.45. The van der Waals surface area contributed by atoms with Crippen LogP contribution in [0.1, 0.15) is 28.8 Å². The molecule has 3 aromatic rings. The molecular formula is C21H22ClN3O. The summed E-state index contributed by atoms with van der Waals surface area (Å²) in [5.41, 5.74) is 8.20. The number of fused-ring (bicyclic) bond motifs is 1. The van der Waals surface area contributed by atoms with E-state index in [9.17, 15) is 4.79 Å². The lowest BCUT2D eigenvalue weighted by Crippen LogP contribution is -2.34. The minimum absolute atomic E-state index is 0.393. The van der Waals surface area contributed by atoms with Gasteiger partial charge in [-0.05, 0) is 61.1 Å². The van der Waals surface area contributed by atoms with E-state index in [1.165, 1.54) is 5.56 Å². The van der Waals surface area contributed by atoms with Gasteiger partial charge in [0.1, 0.15) is 5.82 Å². The summed E-state index contributed by atoms with van der Waals surface area (Å²) in [4.78, 5) is 17.2. The minimum Gasteiger partial charge on any atom is -0.366 e. The summed E-state index contributed by atoms with van der Waals surface area (Å²) < 4.78 is 0. The fraction of sp³-hybridized carbons (Fsp3) is 0.286. The number of hydrogen-bond acceptors (Lipinski definition) is 2. The molecule has 1 aliphatic rings. The molecule has 1 fully saturated rings. The molecule has 134 valence electrons. The quantitative estimate of drug-likeness (QED) is 0.718. The summed E-state index contributed by atoms with van der Waals surface area (Å²) in [5.74, 6) is 1.38. The highest BCUT2D eigenvalue weighted by molar-refractivity contribution is 6.31. The SMILES string of the molecule is NC(=O)c1ccc2[nH]c(N3CCC(Cc4ccccc4Cl)CC3)cc2c1. The van der Waals surface area contributed by atoms with Gasteiger partial charge in [-0.25, -0.2) is 0 Å². The van der Waals surface area contributed by atoms with Gasteiger partial charge in [-0.15, -0.1) is 0 Å². The number of anilines is 1. The summed E-state index contributed by atoms with van der Waals surface area (Å²) >= 11 is 6.30. The Morgan fingerprint density at radius 2 is 1.92 bits per heavy atom. The number of rotatable bonds is 4. The number of halogens is 1. The summed E-state index contributed by atoms with van der Waals surface area (Å²) in [6.45, 7) is 2.04. The van der Waals surface area contributed by atoms with Crippen LogP contribution < -0.4 is 10.6 Å². The first-order chi connectivity index (χ1) is 12.6. The topological polar surface area (TPSA) is 62.1 Å². The van der Waals surface area contributed by atoms with Crippen LogP contribution in [0.25, 0.3) is 10.9 Å². The number of carbonyl (C=O) groups is 1. The van der Waals surface area contributed by atoms with Gasteiger partial charge in [-0.3, -0.25) is 4.79 Å². The normalized spacial score (nSPS) is 15.5. The predicted octanol–water partition coefficient (Wildman–Crippen LogP) is 4.38. The van der Waals surface area contributed by atoms with Crippen molar-refractivity contribution in [3.63, 3.8) is 0 Å². The Labute approximate surface area is 157 Å². The second kappa shape index (κ2) is 7.04. The van der Waals surface area contributed by atoms with E-state index in [0.29, 0.717) is 11.5 Å². The fourth-order valence-corrected chi connectivity index (χ4v) is 4.01. The number of H-pyrrole nitrogens is 1. The summed E-state index contributed by atoms with van der Waals surface area (Å²) in [5, 5.41) is 1.89. The van der Waals surface area contributed by atoms with Crippen LogP contribution in [0.5, 0.6) is 0 Å². The lowest BCUT2D eigenvalue weighted by atomic mass is 9.90. The number of carbonyl (C=O) groups excluding carboxylic acids is 1. The van der Waals surface area contributed by atoms with Gasteiger partial charge >= 0.3 is 0 Å². The summed E-state index contributed by atoms with van der Waals surface area (Å²) in [7, 11) is 0. The first-order valence-electron chi connectivity index (χ1n) is 9.01. The first kappa shape index (κ1) is 17.0. The van der Waals surface area contributed by atoms with Crippen molar-refractivity contribution in [2.24, 2.45) is 11.7 Å². The highest BCUT2D eigenvalue weighted by Crippen LogP contribution is 2.29. The third kappa shape index (κ3) is 3.42. The van der Waals surface area contributed by atoms with E-state index in [1.807, 2.05) is 24.3 Å². The zero-order chi connectivity index (χ0) is 18.1. The zero-order valence-electron chi connectivity index (χ0n) is 14.5. The molecule has 1 saturated heterocycles. The van der Waals surface area contributed by atoms with Crippen LogP contribution in [0.4, 0.5) is 5.82 Å². The Balaban J connectivity index is 1.44. The van der Waals surface area contributed by atoms with Crippen LogP contribution in [0.3, 0.4) is 0 Å². The molecule has 26 heavy (non-hydrogen) atoms. The maximum absolute atomic E-state index is 11.4. The number of hydrogen-bond donors (Lipinski definition) is 2. The van der Waals surface area contributed by atoms with Gasteiger partial charge in [0.2, 0.25) is 5.91 Å². The van der Waals surface area contributed by atoms with E-state index < -0.39 is 5.91 Å². The molecule has 0 saturated carbocycles. The highest BCUT2D eigenvalue weighted by atomic mass is 35.5. The van der Waals surface area contributed by atoms with Gasteiger partial charge in [0.05, 0.1) is 0 Å². The van der Waals surface area contributed by atoms with Crippen molar-refractivity contribution in [3.8, 4) is 0 Å². The van der Waals surface area contributed by atoms with Crippen LogP contribution in [-0.4, -0.2) is 24.0 Å². The number of nitrogens with zero attached hydrogens (tertiary/aromatic N) is 1. The number of aromatic nitrogens is 1. The molecule has 0 radical (unpaired) electrons. The van der Waals surface area contributed by atoms with Crippen molar-refractivity contribution in [2.75, 3.05) is 18.0 Å². The van der Waals surface area contributed by atoms with Crippen molar-refractivity contribution in [2.45, 2.75) is 19.3 Å². The Hall–Kier alpha value is -2.46. The van der Waals surface area contributed by atoms with Crippen LogP contribution in [0.2, 0.25) is 5.02 Å². The number of nitrogens with two attached hydrogens (primary N) is 1. The number of amides is 1. The standard InChI is InChI=1S/C21H22ClN3O/c22-18-4-2-1-3-15(18)11-14-7-9-25(10-8-14)20-13-17-12-16(21(23)26)5-6-19(17)24-20/h1-6,12-14,24H,7-11H2,(H2,23,26). The van der Waals surface area contributed by atoms with Crippen molar-refractivity contribution >= 4 is 34.2 Å². The molecule has 0 unspecified atom stereocenters. The molecule has 0 atom stereocenters. The van der Waals surface area contributed by atoms with Gasteiger partial charge < -0.3 is 15.6 Å². The molecule has 4 nitrogen and oxygen atoms in total. The third-order valence-corrected chi connectivity index (χ3v) is 5.68. The lowest BCUT2D eigenvalue weighted by Gasteiger charge is -2.32. The Bertz CT molecular complexity index is 941. The Morgan fingerprint density at radius 1 is 1.15 bits per heavy atom. The molecule has 0 aliphatic carbocycles. The average Bonchev–Trinajstić information content (AvgIpc) is 3.07. The number of benzene rings is 2. The number of piperidine rings is 1. The van der Waals surface area contributed by atoms with Gasteiger partial charge in [0.25, 0.3) is 0 Å². The van der Waals surface area contributed by atoms with E-state index in [-0.39, 0.29) is 0 Å². The number of primary amides is 1. The molecule has 1 amide bonds. The van der Waals surface area contributed by atoms with E-state index in [0.717, 1.165) is 54.1 Å². The molecule has 5 heteroatoms. The largest absolute Gasteiger partial charge is 0.366 e. The number of aromatic amines is 1. The van der Waals surface area contributed by atoms with Gasteiger partial charge in [-0.2, -0.15) is 0 Å². The molecule has 3 N–H and O–H groups in total. The number of nitrogens with one attached hydrogen (secondary N) is 1. The Morgan fingerprint density at radius 3 is 2.65 bits per heavy atom. The van der Waals surface area contributed by atoms with Crippen LogP contribution in [0.15, 0.2) is 48.5 Å². The predicted molar refractivity (Wildman–Crippen MR) is 107 cm³/mol. The first-order valence-corrected chi connectivity index (χ1v) is 9.39. The van der Waals surface area contributed by atoms with Gasteiger partial charge in [0, 0.05) is 34.6 Å². The van der Waals surface area contributed by atoms with E-state index >= 15 is 0 Å². The van der Waals surface area contributed by atoms with Crippen molar-refractivity contribution < 1.29 is 4.79 Å². The van der Waals surface area contributed by atoms with E-state index in [2.05, 4.69) is 28.1 Å². The van der Waals surface area contributed by atoms with Crippen molar-refractivity contribution in [1.82, 2.24) is 4.98 Å². The molecule has 2 heterocycles. The molecule has 0 spiro atoms. The fourth-order valence-electron chi connectivity index (χ4n) is 3.79. The Kier molecular flexibility index (Phi) is 4.60. The van der Waals surface area contributed by atoms with Gasteiger partial charge in [-0.1, -0.05) is 29.8 Å². The van der Waals surface area contributed by atoms with Crippen molar-refractivity contribution in [3.05, 3.63) is 64.7 Å². The van der Waals surface area contributed by atoms with Crippen LogP contribution in [0, 0.1) is 5.92 Å². The monoisotopic (exact) mass is 367 g/mol. The minimum atomic E-state index is -0.393. The zero-order valence-corrected chi connectivity index (χ0v) is 15.3. The molecule has 4 rings (SSSR count). The maximum Gasteiger partial charge on any atom is 0.248 e. The molecule has 0 bridgehead atoms. The molecule has 2 aromatic carbocycles. The second-order valence-electron chi connectivity index (χ2n) is 7.05. The third-order valence-electron chi connectivity index (χ3n) is 5.31. The smallest absolute Gasteiger partial charge is 0.248 e. The summed E-state index contributed by atoms with van der Waals surface area (Å²) in [6, 6.07) is 15.8.